The van der Waals surface area contributed by atoms with Crippen LogP contribution < -0.4 is 5.32 Å². The maximum absolute atomic E-state index is 12.4. The quantitative estimate of drug-likeness (QED) is 0.846. The van der Waals surface area contributed by atoms with E-state index in [1.54, 1.807) is 6.33 Å². The number of aromatic nitrogens is 3. The second-order valence-electron chi connectivity index (χ2n) is 7.02. The molecule has 1 aromatic heterocycles. The number of carbonyl (C=O) groups is 1. The van der Waals surface area contributed by atoms with E-state index in [4.69, 9.17) is 0 Å². The van der Waals surface area contributed by atoms with E-state index in [-0.39, 0.29) is 23.2 Å². The van der Waals surface area contributed by atoms with Gasteiger partial charge in [0.05, 0.1) is 5.92 Å². The van der Waals surface area contributed by atoms with Crippen LogP contribution in [0.2, 0.25) is 0 Å². The Morgan fingerprint density at radius 3 is 2.71 bits per heavy atom. The van der Waals surface area contributed by atoms with Crippen molar-refractivity contribution in [2.45, 2.75) is 40.5 Å². The highest BCUT2D eigenvalue weighted by molar-refractivity contribution is 5.83. The van der Waals surface area contributed by atoms with Crippen LogP contribution in [-0.4, -0.2) is 27.2 Å². The van der Waals surface area contributed by atoms with Gasteiger partial charge in [-0.15, -0.1) is 10.2 Å². The number of amides is 1. The van der Waals surface area contributed by atoms with Gasteiger partial charge in [-0.3, -0.25) is 4.79 Å². The first kappa shape index (κ1) is 15.7. The molecular formula is C16H26N4O. The second kappa shape index (κ2) is 5.62. The van der Waals surface area contributed by atoms with E-state index in [1.165, 1.54) is 5.57 Å². The Morgan fingerprint density at radius 1 is 1.52 bits per heavy atom. The van der Waals surface area contributed by atoms with Crippen LogP contribution in [0.4, 0.5) is 0 Å². The summed E-state index contributed by atoms with van der Waals surface area (Å²) in [6, 6.07) is 0. The lowest BCUT2D eigenvalue weighted by Gasteiger charge is -2.12. The molecule has 116 valence electrons. The van der Waals surface area contributed by atoms with Crippen LogP contribution in [0.15, 0.2) is 18.0 Å². The topological polar surface area (TPSA) is 59.8 Å². The van der Waals surface area contributed by atoms with E-state index in [2.05, 4.69) is 56.2 Å². The molecule has 1 saturated carbocycles. The van der Waals surface area contributed by atoms with E-state index in [0.717, 1.165) is 5.82 Å². The number of carbonyl (C=O) groups excluding carboxylic acids is 1. The van der Waals surface area contributed by atoms with Gasteiger partial charge in [0.1, 0.15) is 12.2 Å². The van der Waals surface area contributed by atoms with Crippen LogP contribution in [0, 0.1) is 17.3 Å². The van der Waals surface area contributed by atoms with Crippen LogP contribution in [0.3, 0.4) is 0 Å². The number of nitrogens with zero attached hydrogens (tertiary/aromatic N) is 3. The van der Waals surface area contributed by atoms with E-state index in [0.29, 0.717) is 12.5 Å². The molecule has 1 fully saturated rings. The molecule has 5 nitrogen and oxygen atoms in total. The Bertz CT molecular complexity index is 554. The molecule has 0 spiro atoms. The third kappa shape index (κ3) is 3.17. The summed E-state index contributed by atoms with van der Waals surface area (Å²) in [5, 5.41) is 11.0. The molecule has 1 amide bonds. The summed E-state index contributed by atoms with van der Waals surface area (Å²) in [5.74, 6) is 1.64. The molecule has 0 aromatic carbocycles. The van der Waals surface area contributed by atoms with Gasteiger partial charge < -0.3 is 9.88 Å². The van der Waals surface area contributed by atoms with E-state index in [1.807, 2.05) is 11.6 Å². The molecule has 1 aliphatic rings. The lowest BCUT2D eigenvalue weighted by Crippen LogP contribution is -2.31. The van der Waals surface area contributed by atoms with Gasteiger partial charge >= 0.3 is 0 Å². The van der Waals surface area contributed by atoms with Gasteiger partial charge in [0.2, 0.25) is 5.91 Å². The first-order chi connectivity index (χ1) is 9.75. The highest BCUT2D eigenvalue weighted by Gasteiger charge is 2.60. The Labute approximate surface area is 126 Å². The summed E-state index contributed by atoms with van der Waals surface area (Å²) in [7, 11) is 1.92. The normalized spacial score (nSPS) is 24.3. The van der Waals surface area contributed by atoms with Crippen LogP contribution in [0.1, 0.15) is 46.4 Å². The van der Waals surface area contributed by atoms with Gasteiger partial charge in [-0.05, 0) is 25.2 Å². The fourth-order valence-electron chi connectivity index (χ4n) is 3.04. The second-order valence-corrected chi connectivity index (χ2v) is 7.02. The molecule has 1 aromatic rings. The van der Waals surface area contributed by atoms with Crippen molar-refractivity contribution in [3.05, 3.63) is 23.8 Å². The van der Waals surface area contributed by atoms with Gasteiger partial charge in [0.15, 0.2) is 0 Å². The Hall–Kier alpha value is -1.65. The van der Waals surface area contributed by atoms with Crippen LogP contribution in [0.5, 0.6) is 0 Å². The zero-order chi connectivity index (χ0) is 15.8. The lowest BCUT2D eigenvalue weighted by atomic mass is 10.1. The Morgan fingerprint density at radius 2 is 2.19 bits per heavy atom. The molecule has 0 bridgehead atoms. The van der Waals surface area contributed by atoms with E-state index in [9.17, 15) is 4.79 Å². The molecule has 0 saturated heterocycles. The summed E-state index contributed by atoms with van der Waals surface area (Å²) in [5.41, 5.74) is 1.34. The number of hydrogen-bond acceptors (Lipinski definition) is 3. The highest BCUT2D eigenvalue weighted by atomic mass is 16.2. The highest BCUT2D eigenvalue weighted by Crippen LogP contribution is 2.59. The monoisotopic (exact) mass is 290 g/mol. The number of aryl methyl sites for hydroxylation is 1. The van der Waals surface area contributed by atoms with Crippen molar-refractivity contribution in [1.82, 2.24) is 20.1 Å². The zero-order valence-electron chi connectivity index (χ0n) is 13.8. The van der Waals surface area contributed by atoms with Crippen molar-refractivity contribution < 1.29 is 4.79 Å². The molecule has 21 heavy (non-hydrogen) atoms. The minimum absolute atomic E-state index is 0.0649. The van der Waals surface area contributed by atoms with E-state index < -0.39 is 0 Å². The average Bonchev–Trinajstić information content (AvgIpc) is 2.72. The fourth-order valence-corrected chi connectivity index (χ4v) is 3.04. The minimum atomic E-state index is 0.0649. The van der Waals surface area contributed by atoms with Crippen molar-refractivity contribution in [3.8, 4) is 0 Å². The number of nitrogens with one attached hydrogen (secondary N) is 1. The predicted molar refractivity (Wildman–Crippen MR) is 82.6 cm³/mol. The molecule has 3 atom stereocenters. The largest absolute Gasteiger partial charge is 0.355 e. The third-order valence-electron chi connectivity index (χ3n) is 4.48. The fraction of sp³-hybridized carbons (Fsp3) is 0.688. The summed E-state index contributed by atoms with van der Waals surface area (Å²) in [4.78, 5) is 12.4. The molecule has 0 aliphatic heterocycles. The third-order valence-corrected chi connectivity index (χ3v) is 4.48. The van der Waals surface area contributed by atoms with Crippen molar-refractivity contribution in [1.29, 1.82) is 0 Å². The molecular weight excluding hydrogens is 264 g/mol. The first-order valence-corrected chi connectivity index (χ1v) is 7.51. The van der Waals surface area contributed by atoms with Crippen molar-refractivity contribution >= 4 is 5.91 Å². The number of rotatable bonds is 5. The molecule has 2 rings (SSSR count). The van der Waals surface area contributed by atoms with Crippen molar-refractivity contribution in [2.24, 2.45) is 24.3 Å². The summed E-state index contributed by atoms with van der Waals surface area (Å²) in [6.07, 6.45) is 3.90. The Kier molecular flexibility index (Phi) is 4.21. The number of allylic oxidation sites excluding steroid dienone is 2. The molecule has 0 unspecified atom stereocenters. The summed E-state index contributed by atoms with van der Waals surface area (Å²) >= 11 is 0. The Balaban J connectivity index is 1.91. The average molecular weight is 290 g/mol. The van der Waals surface area contributed by atoms with Gasteiger partial charge in [-0.25, -0.2) is 0 Å². The van der Waals surface area contributed by atoms with Crippen molar-refractivity contribution in [2.75, 3.05) is 6.54 Å². The van der Waals surface area contributed by atoms with Crippen LogP contribution in [-0.2, 0) is 11.8 Å². The maximum atomic E-state index is 12.4. The van der Waals surface area contributed by atoms with Crippen LogP contribution >= 0.6 is 0 Å². The van der Waals surface area contributed by atoms with E-state index >= 15 is 0 Å². The predicted octanol–water partition coefficient (Wildman–Crippen LogP) is 2.27. The van der Waals surface area contributed by atoms with Gasteiger partial charge in [0, 0.05) is 19.5 Å². The number of hydrogen-bond donors (Lipinski definition) is 1. The molecule has 5 heteroatoms. The molecule has 0 radical (unpaired) electrons. The van der Waals surface area contributed by atoms with Crippen molar-refractivity contribution in [3.63, 3.8) is 0 Å². The first-order valence-electron chi connectivity index (χ1n) is 7.51. The lowest BCUT2D eigenvalue weighted by molar-refractivity contribution is -0.123. The van der Waals surface area contributed by atoms with Crippen LogP contribution in [0.25, 0.3) is 0 Å². The minimum Gasteiger partial charge on any atom is -0.355 e. The molecule has 1 N–H and O–H groups in total. The zero-order valence-corrected chi connectivity index (χ0v) is 13.8. The van der Waals surface area contributed by atoms with Gasteiger partial charge in [0.25, 0.3) is 0 Å². The molecule has 1 aliphatic carbocycles. The molecule has 1 heterocycles. The smallest absolute Gasteiger partial charge is 0.224 e. The van der Waals surface area contributed by atoms with Gasteiger partial charge in [-0.2, -0.15) is 0 Å². The maximum Gasteiger partial charge on any atom is 0.224 e. The SMILES string of the molecule is CC(C)=C[C@@H]1[C@H](C(=O)NC[C@@H](C)c2nncn2C)C1(C)C. The summed E-state index contributed by atoms with van der Waals surface area (Å²) < 4.78 is 1.89. The standard InChI is InChI=1S/C16H26N4O/c1-10(2)7-12-13(16(12,4)5)15(21)17-8-11(3)14-19-18-9-20(14)6/h7,9,11-13H,8H2,1-6H3,(H,17,21)/t11-,12-,13-/m1/s1. The van der Waals surface area contributed by atoms with Gasteiger partial charge in [-0.1, -0.05) is 32.4 Å². The summed E-state index contributed by atoms with van der Waals surface area (Å²) in [6.45, 7) is 11.1.